The monoisotopic (exact) mass is 309 g/mol. The third-order valence-corrected chi connectivity index (χ3v) is 3.63. The van der Waals surface area contributed by atoms with E-state index >= 15 is 0 Å². The molecule has 9 heteroatoms. The molecule has 0 saturated carbocycles. The van der Waals surface area contributed by atoms with Crippen LogP contribution in [0.5, 0.6) is 0 Å². The van der Waals surface area contributed by atoms with Gasteiger partial charge in [0.05, 0.1) is 0 Å². The number of rotatable bonds is 5. The fourth-order valence-electron chi connectivity index (χ4n) is 2.17. The van der Waals surface area contributed by atoms with Gasteiger partial charge in [-0.2, -0.15) is 4.98 Å². The highest BCUT2D eigenvalue weighted by Crippen LogP contribution is 2.16. The highest BCUT2D eigenvalue weighted by Gasteiger charge is 2.21. The summed E-state index contributed by atoms with van der Waals surface area (Å²) in [5, 5.41) is 12.2. The summed E-state index contributed by atoms with van der Waals surface area (Å²) >= 11 is 0. The number of hydrogen-bond donors (Lipinski definition) is 2. The molecule has 2 heterocycles. The van der Waals surface area contributed by atoms with Gasteiger partial charge < -0.3 is 10.4 Å². The van der Waals surface area contributed by atoms with E-state index < -0.39 is 23.8 Å². The number of carboxylic acid groups (broad SMARTS) is 1. The van der Waals surface area contributed by atoms with Crippen molar-refractivity contribution < 1.29 is 9.90 Å². The number of fused-ring (bicyclic) bond motifs is 1. The predicted molar refractivity (Wildman–Crippen MR) is 81.2 cm³/mol. The van der Waals surface area contributed by atoms with E-state index in [0.29, 0.717) is 0 Å². The fraction of sp³-hybridized carbons (Fsp3) is 0.538. The maximum atomic E-state index is 12.3. The molecule has 0 aliphatic carbocycles. The lowest BCUT2D eigenvalue weighted by Gasteiger charge is -2.13. The van der Waals surface area contributed by atoms with Crippen molar-refractivity contribution in [1.29, 1.82) is 0 Å². The number of nitrogens with zero attached hydrogens (tertiary/aromatic N) is 4. The molecule has 0 aliphatic heterocycles. The number of anilines is 1. The third kappa shape index (κ3) is 2.49. The number of carbonyl (C=O) groups is 1. The van der Waals surface area contributed by atoms with Gasteiger partial charge in [-0.1, -0.05) is 6.92 Å². The summed E-state index contributed by atoms with van der Waals surface area (Å²) < 4.78 is 3.47. The Labute approximate surface area is 125 Å². The molecule has 2 rings (SSSR count). The molecule has 0 saturated heterocycles. The number of aryl methyl sites for hydroxylation is 1. The number of imidazole rings is 1. The molecule has 2 aromatic rings. The van der Waals surface area contributed by atoms with Crippen LogP contribution in [0, 0.1) is 0 Å². The molecule has 0 radical (unpaired) electrons. The molecule has 120 valence electrons. The average molecular weight is 309 g/mol. The summed E-state index contributed by atoms with van der Waals surface area (Å²) in [4.78, 5) is 39.7. The molecule has 0 aromatic carbocycles. The van der Waals surface area contributed by atoms with Gasteiger partial charge in [-0.15, -0.1) is 0 Å². The minimum Gasteiger partial charge on any atom is -0.480 e. The van der Waals surface area contributed by atoms with E-state index in [1.165, 1.54) is 23.2 Å². The zero-order chi connectivity index (χ0) is 16.6. The van der Waals surface area contributed by atoms with Crippen LogP contribution in [0.15, 0.2) is 9.59 Å². The van der Waals surface area contributed by atoms with Crippen LogP contribution >= 0.6 is 0 Å². The van der Waals surface area contributed by atoms with Gasteiger partial charge in [-0.3, -0.25) is 23.3 Å². The van der Waals surface area contributed by atoms with Crippen molar-refractivity contribution in [2.45, 2.75) is 32.9 Å². The van der Waals surface area contributed by atoms with E-state index in [4.69, 9.17) is 5.11 Å². The molecule has 9 nitrogen and oxygen atoms in total. The Hall–Kier alpha value is -2.58. The molecule has 2 N–H and O–H groups in total. The van der Waals surface area contributed by atoms with Crippen molar-refractivity contribution >= 4 is 23.1 Å². The number of nitrogens with one attached hydrogen (secondary N) is 1. The summed E-state index contributed by atoms with van der Waals surface area (Å²) in [5.41, 5.74) is -0.811. The van der Waals surface area contributed by atoms with Gasteiger partial charge in [0.2, 0.25) is 5.95 Å². The lowest BCUT2D eigenvalue weighted by Crippen LogP contribution is -2.37. The molecule has 0 bridgehead atoms. The van der Waals surface area contributed by atoms with Crippen molar-refractivity contribution in [3.05, 3.63) is 20.8 Å². The predicted octanol–water partition coefficient (Wildman–Crippen LogP) is -0.271. The Kier molecular flexibility index (Phi) is 4.07. The van der Waals surface area contributed by atoms with Crippen molar-refractivity contribution in [2.75, 3.05) is 5.32 Å². The highest BCUT2D eigenvalue weighted by atomic mass is 16.4. The third-order valence-electron chi connectivity index (χ3n) is 3.63. The van der Waals surface area contributed by atoms with E-state index in [1.54, 1.807) is 0 Å². The minimum atomic E-state index is -1.09. The maximum absolute atomic E-state index is 12.3. The van der Waals surface area contributed by atoms with Gasteiger partial charge in [0.1, 0.15) is 6.54 Å². The second-order valence-electron chi connectivity index (χ2n) is 5.25. The topological polar surface area (TPSA) is 111 Å². The molecule has 0 fully saturated rings. The number of aliphatic carboxylic acids is 1. The average Bonchev–Trinajstić information content (AvgIpc) is 2.80. The van der Waals surface area contributed by atoms with Crippen LogP contribution in [0.3, 0.4) is 0 Å². The Morgan fingerprint density at radius 3 is 2.50 bits per heavy atom. The number of carboxylic acids is 1. The summed E-state index contributed by atoms with van der Waals surface area (Å²) in [7, 11) is 2.85. The smallest absolute Gasteiger partial charge is 0.332 e. The van der Waals surface area contributed by atoms with Crippen molar-refractivity contribution in [1.82, 2.24) is 18.7 Å². The van der Waals surface area contributed by atoms with Gasteiger partial charge in [0, 0.05) is 20.1 Å². The first-order valence-corrected chi connectivity index (χ1v) is 6.92. The molecular weight excluding hydrogens is 290 g/mol. The van der Waals surface area contributed by atoms with Gasteiger partial charge in [0.15, 0.2) is 11.2 Å². The van der Waals surface area contributed by atoms with Crippen LogP contribution in [-0.4, -0.2) is 35.8 Å². The first-order valence-electron chi connectivity index (χ1n) is 6.92. The molecule has 0 aliphatic rings. The first kappa shape index (κ1) is 15.8. The van der Waals surface area contributed by atoms with E-state index in [9.17, 15) is 14.4 Å². The van der Waals surface area contributed by atoms with Crippen LogP contribution in [0.25, 0.3) is 11.2 Å². The van der Waals surface area contributed by atoms with E-state index in [2.05, 4.69) is 10.3 Å². The lowest BCUT2D eigenvalue weighted by atomic mass is 10.3. The second kappa shape index (κ2) is 5.66. The Balaban J connectivity index is 2.83. The van der Waals surface area contributed by atoms with Crippen LogP contribution in [0.4, 0.5) is 5.95 Å². The summed E-state index contributed by atoms with van der Waals surface area (Å²) in [6.07, 6.45) is 0.799. The standard InChI is InChI=1S/C13H19N5O4/c1-5-7(2)14-12-15-10-9(18(12)6-8(19)20)11(21)17(4)13(22)16(10)3/h7H,5-6H2,1-4H3,(H,14,15)(H,19,20)/t7-/m1/s1. The maximum Gasteiger partial charge on any atom is 0.332 e. The molecule has 22 heavy (non-hydrogen) atoms. The minimum absolute atomic E-state index is 0.0465. The van der Waals surface area contributed by atoms with Gasteiger partial charge in [-0.25, -0.2) is 4.79 Å². The lowest BCUT2D eigenvalue weighted by molar-refractivity contribution is -0.137. The summed E-state index contributed by atoms with van der Waals surface area (Å²) in [6, 6.07) is 0.0465. The van der Waals surface area contributed by atoms with Crippen LogP contribution < -0.4 is 16.6 Å². The molecule has 0 amide bonds. The van der Waals surface area contributed by atoms with E-state index in [0.717, 1.165) is 11.0 Å². The Bertz CT molecular complexity index is 845. The SMILES string of the molecule is CC[C@@H](C)Nc1nc2c(c(=O)n(C)c(=O)n2C)n1CC(=O)O. The van der Waals surface area contributed by atoms with Gasteiger partial charge in [0.25, 0.3) is 5.56 Å². The fourth-order valence-corrected chi connectivity index (χ4v) is 2.17. The number of aromatic nitrogens is 4. The quantitative estimate of drug-likeness (QED) is 0.786. The number of hydrogen-bond acceptors (Lipinski definition) is 5. The van der Waals surface area contributed by atoms with Crippen LogP contribution in [-0.2, 0) is 25.4 Å². The van der Waals surface area contributed by atoms with Gasteiger partial charge >= 0.3 is 11.7 Å². The van der Waals surface area contributed by atoms with Crippen LogP contribution in [0.2, 0.25) is 0 Å². The molecular formula is C13H19N5O4. The zero-order valence-corrected chi connectivity index (χ0v) is 13.0. The Morgan fingerprint density at radius 1 is 1.32 bits per heavy atom. The molecule has 0 spiro atoms. The Morgan fingerprint density at radius 2 is 1.95 bits per heavy atom. The van der Waals surface area contributed by atoms with Crippen molar-refractivity contribution in [2.24, 2.45) is 14.1 Å². The molecule has 2 aromatic heterocycles. The van der Waals surface area contributed by atoms with E-state index in [1.807, 2.05) is 13.8 Å². The highest BCUT2D eigenvalue weighted by molar-refractivity contribution is 5.77. The largest absolute Gasteiger partial charge is 0.480 e. The molecule has 0 unspecified atom stereocenters. The van der Waals surface area contributed by atoms with Crippen molar-refractivity contribution in [3.8, 4) is 0 Å². The first-order chi connectivity index (χ1) is 10.3. The summed E-state index contributed by atoms with van der Waals surface area (Å²) in [6.45, 7) is 3.47. The van der Waals surface area contributed by atoms with Crippen LogP contribution in [0.1, 0.15) is 20.3 Å². The second-order valence-corrected chi connectivity index (χ2v) is 5.25. The molecule has 1 atom stereocenters. The van der Waals surface area contributed by atoms with Crippen molar-refractivity contribution in [3.63, 3.8) is 0 Å². The normalized spacial score (nSPS) is 12.5. The summed E-state index contributed by atoms with van der Waals surface area (Å²) in [5.74, 6) is -0.826. The van der Waals surface area contributed by atoms with E-state index in [-0.39, 0.29) is 23.2 Å². The van der Waals surface area contributed by atoms with Gasteiger partial charge in [-0.05, 0) is 13.3 Å². The zero-order valence-electron chi connectivity index (χ0n) is 13.0.